The molecular formula is C21H24N2O3S2. The summed E-state index contributed by atoms with van der Waals surface area (Å²) in [6.45, 7) is 5.67. The molecule has 3 aromatic rings. The van der Waals surface area contributed by atoms with E-state index < -0.39 is 0 Å². The number of rotatable bonds is 9. The van der Waals surface area contributed by atoms with Crippen molar-refractivity contribution in [2.45, 2.75) is 26.8 Å². The van der Waals surface area contributed by atoms with Crippen molar-refractivity contribution < 1.29 is 14.3 Å². The monoisotopic (exact) mass is 416 g/mol. The van der Waals surface area contributed by atoms with Crippen LogP contribution < -0.4 is 9.47 Å². The minimum absolute atomic E-state index is 0.0679. The summed E-state index contributed by atoms with van der Waals surface area (Å²) in [6, 6.07) is 9.85. The molecule has 2 aromatic heterocycles. The molecule has 2 heterocycles. The van der Waals surface area contributed by atoms with Gasteiger partial charge >= 0.3 is 0 Å². The number of hydrogen-bond donors (Lipinski definition) is 0. The van der Waals surface area contributed by atoms with Crippen LogP contribution in [0.4, 0.5) is 0 Å². The van der Waals surface area contributed by atoms with Crippen molar-refractivity contribution in [2.75, 3.05) is 20.3 Å². The first-order valence-electron chi connectivity index (χ1n) is 9.20. The number of nitrogens with zero attached hydrogens (tertiary/aromatic N) is 2. The van der Waals surface area contributed by atoms with Crippen molar-refractivity contribution in [2.24, 2.45) is 0 Å². The number of thiazole rings is 1. The molecule has 5 nitrogen and oxygen atoms in total. The predicted molar refractivity (Wildman–Crippen MR) is 114 cm³/mol. The average molecular weight is 417 g/mol. The molecule has 148 valence electrons. The molecule has 0 aliphatic rings. The zero-order valence-electron chi connectivity index (χ0n) is 16.3. The zero-order chi connectivity index (χ0) is 19.9. The number of carbonyl (C=O) groups is 1. The van der Waals surface area contributed by atoms with Crippen LogP contribution in [0.3, 0.4) is 0 Å². The second kappa shape index (κ2) is 9.71. The lowest BCUT2D eigenvalue weighted by Gasteiger charge is -2.21. The van der Waals surface area contributed by atoms with E-state index in [2.05, 4.69) is 4.98 Å². The van der Waals surface area contributed by atoms with Crippen LogP contribution in [-0.4, -0.2) is 36.1 Å². The summed E-state index contributed by atoms with van der Waals surface area (Å²) in [6.07, 6.45) is 0.309. The Hall–Kier alpha value is -2.38. The third kappa shape index (κ3) is 4.91. The molecule has 28 heavy (non-hydrogen) atoms. The van der Waals surface area contributed by atoms with E-state index in [1.54, 1.807) is 29.8 Å². The highest BCUT2D eigenvalue weighted by Crippen LogP contribution is 2.29. The number of carbonyl (C=O) groups excluding carboxylic acids is 1. The summed E-state index contributed by atoms with van der Waals surface area (Å²) < 4.78 is 11.0. The molecule has 0 aliphatic heterocycles. The van der Waals surface area contributed by atoms with Crippen molar-refractivity contribution in [1.29, 1.82) is 0 Å². The molecule has 0 saturated heterocycles. The normalized spacial score (nSPS) is 10.7. The Morgan fingerprint density at radius 3 is 2.71 bits per heavy atom. The van der Waals surface area contributed by atoms with E-state index in [1.807, 2.05) is 59.8 Å². The van der Waals surface area contributed by atoms with Gasteiger partial charge in [-0.2, -0.15) is 0 Å². The van der Waals surface area contributed by atoms with Gasteiger partial charge in [-0.05, 0) is 43.0 Å². The Morgan fingerprint density at radius 1 is 1.18 bits per heavy atom. The van der Waals surface area contributed by atoms with E-state index in [-0.39, 0.29) is 5.91 Å². The van der Waals surface area contributed by atoms with E-state index in [4.69, 9.17) is 9.47 Å². The fraction of sp³-hybridized carbons (Fsp3) is 0.333. The maximum atomic E-state index is 12.8. The Bertz CT molecular complexity index is 906. The van der Waals surface area contributed by atoms with Crippen molar-refractivity contribution in [3.8, 4) is 21.4 Å². The van der Waals surface area contributed by atoms with E-state index >= 15 is 0 Å². The molecular weight excluding hydrogens is 392 g/mol. The van der Waals surface area contributed by atoms with E-state index in [9.17, 15) is 4.79 Å². The number of benzene rings is 1. The summed E-state index contributed by atoms with van der Waals surface area (Å²) in [5.74, 6) is 1.47. The topological polar surface area (TPSA) is 51.7 Å². The molecule has 0 aliphatic carbocycles. The van der Waals surface area contributed by atoms with Gasteiger partial charge in [0.25, 0.3) is 0 Å². The maximum absolute atomic E-state index is 12.8. The van der Waals surface area contributed by atoms with E-state index in [1.165, 1.54) is 0 Å². The Morgan fingerprint density at radius 2 is 2.04 bits per heavy atom. The second-order valence-corrected chi connectivity index (χ2v) is 7.93. The number of likely N-dealkylation sites (N-methyl/N-ethyl adjacent to an activating group) is 1. The van der Waals surface area contributed by atoms with Gasteiger partial charge in [-0.1, -0.05) is 12.1 Å². The van der Waals surface area contributed by atoms with Crippen molar-refractivity contribution in [3.05, 3.63) is 52.3 Å². The first kappa shape index (κ1) is 20.4. The molecule has 0 N–H and O–H groups in total. The van der Waals surface area contributed by atoms with Crippen LogP contribution in [0.25, 0.3) is 9.88 Å². The molecule has 0 unspecified atom stereocenters. The standard InChI is InChI=1S/C21H24N2O3S2/c1-4-23(13-15-8-9-17(26-5-2)18(11-15)25-3)20(24)12-16-14-28-21(22-16)19-7-6-10-27-19/h6-11,14H,4-5,12-13H2,1-3H3. The van der Waals surface area contributed by atoms with Gasteiger partial charge in [0.1, 0.15) is 5.01 Å². The summed E-state index contributed by atoms with van der Waals surface area (Å²) in [5.41, 5.74) is 1.83. The molecule has 0 spiro atoms. The highest BCUT2D eigenvalue weighted by Gasteiger charge is 2.16. The zero-order valence-corrected chi connectivity index (χ0v) is 17.9. The maximum Gasteiger partial charge on any atom is 0.228 e. The number of aromatic nitrogens is 1. The molecule has 1 aromatic carbocycles. The fourth-order valence-corrected chi connectivity index (χ4v) is 4.48. The lowest BCUT2D eigenvalue weighted by molar-refractivity contribution is -0.130. The number of thiophene rings is 1. The smallest absolute Gasteiger partial charge is 0.228 e. The Labute approximate surface area is 173 Å². The minimum Gasteiger partial charge on any atom is -0.493 e. The third-order valence-corrected chi connectivity index (χ3v) is 6.18. The van der Waals surface area contributed by atoms with Gasteiger partial charge in [-0.15, -0.1) is 22.7 Å². The number of ether oxygens (including phenoxy) is 2. The quantitative estimate of drug-likeness (QED) is 0.499. The van der Waals surface area contributed by atoms with Crippen LogP contribution in [0, 0.1) is 0 Å². The van der Waals surface area contributed by atoms with Gasteiger partial charge in [0.05, 0.1) is 30.7 Å². The average Bonchev–Trinajstić information content (AvgIpc) is 3.39. The van der Waals surface area contributed by atoms with E-state index in [0.29, 0.717) is 37.6 Å². The number of methoxy groups -OCH3 is 1. The van der Waals surface area contributed by atoms with Gasteiger partial charge in [-0.3, -0.25) is 4.79 Å². The lowest BCUT2D eigenvalue weighted by Crippen LogP contribution is -2.31. The molecule has 7 heteroatoms. The molecule has 0 bridgehead atoms. The van der Waals surface area contributed by atoms with Gasteiger partial charge in [0, 0.05) is 18.5 Å². The Kier molecular flexibility index (Phi) is 7.06. The number of amides is 1. The molecule has 3 rings (SSSR count). The predicted octanol–water partition coefficient (Wildman–Crippen LogP) is 4.87. The van der Waals surface area contributed by atoms with Crippen LogP contribution in [-0.2, 0) is 17.8 Å². The van der Waals surface area contributed by atoms with Crippen LogP contribution in [0.1, 0.15) is 25.1 Å². The van der Waals surface area contributed by atoms with Crippen LogP contribution in [0.5, 0.6) is 11.5 Å². The summed E-state index contributed by atoms with van der Waals surface area (Å²) >= 11 is 3.24. The largest absolute Gasteiger partial charge is 0.493 e. The van der Waals surface area contributed by atoms with Gasteiger partial charge in [0.2, 0.25) is 5.91 Å². The summed E-state index contributed by atoms with van der Waals surface area (Å²) in [7, 11) is 1.62. The SMILES string of the molecule is CCOc1ccc(CN(CC)C(=O)Cc2csc(-c3cccs3)n2)cc1OC. The highest BCUT2D eigenvalue weighted by atomic mass is 32.1. The first-order valence-corrected chi connectivity index (χ1v) is 11.0. The van der Waals surface area contributed by atoms with E-state index in [0.717, 1.165) is 21.1 Å². The van der Waals surface area contributed by atoms with Gasteiger partial charge in [-0.25, -0.2) is 4.98 Å². The first-order chi connectivity index (χ1) is 13.6. The molecule has 1 amide bonds. The minimum atomic E-state index is 0.0679. The van der Waals surface area contributed by atoms with Crippen LogP contribution in [0.15, 0.2) is 41.1 Å². The Balaban J connectivity index is 1.67. The summed E-state index contributed by atoms with van der Waals surface area (Å²) in [4.78, 5) is 20.4. The molecule has 0 atom stereocenters. The second-order valence-electron chi connectivity index (χ2n) is 6.12. The molecule has 0 fully saturated rings. The lowest BCUT2D eigenvalue weighted by atomic mass is 10.1. The number of hydrogen-bond acceptors (Lipinski definition) is 6. The van der Waals surface area contributed by atoms with Gasteiger partial charge < -0.3 is 14.4 Å². The third-order valence-electron chi connectivity index (χ3n) is 4.25. The highest BCUT2D eigenvalue weighted by molar-refractivity contribution is 7.20. The molecule has 0 saturated carbocycles. The van der Waals surface area contributed by atoms with Crippen LogP contribution >= 0.6 is 22.7 Å². The fourth-order valence-electron chi connectivity index (χ4n) is 2.85. The van der Waals surface area contributed by atoms with Gasteiger partial charge in [0.15, 0.2) is 11.5 Å². The van der Waals surface area contributed by atoms with Crippen molar-refractivity contribution in [3.63, 3.8) is 0 Å². The molecule has 0 radical (unpaired) electrons. The van der Waals surface area contributed by atoms with Crippen molar-refractivity contribution >= 4 is 28.6 Å². The van der Waals surface area contributed by atoms with Crippen LogP contribution in [0.2, 0.25) is 0 Å². The summed E-state index contributed by atoms with van der Waals surface area (Å²) in [5, 5.41) is 4.98. The van der Waals surface area contributed by atoms with Crippen molar-refractivity contribution in [1.82, 2.24) is 9.88 Å².